The van der Waals surface area contributed by atoms with Gasteiger partial charge in [0.05, 0.1) is 17.5 Å². The van der Waals surface area contributed by atoms with Crippen molar-refractivity contribution < 1.29 is 9.59 Å². The smallest absolute Gasteiger partial charge is 0.230 e. The summed E-state index contributed by atoms with van der Waals surface area (Å²) in [5, 5.41) is 2.78. The minimum absolute atomic E-state index is 0.141. The van der Waals surface area contributed by atoms with Crippen molar-refractivity contribution in [2.45, 2.75) is 19.9 Å². The van der Waals surface area contributed by atoms with Crippen molar-refractivity contribution in [2.75, 3.05) is 11.5 Å². The van der Waals surface area contributed by atoms with Crippen molar-refractivity contribution in [3.8, 4) is 0 Å². The summed E-state index contributed by atoms with van der Waals surface area (Å²) in [6.45, 7) is 3.74. The Morgan fingerprint density at radius 2 is 2.29 bits per heavy atom. The van der Waals surface area contributed by atoms with E-state index >= 15 is 0 Å². The molecule has 0 fully saturated rings. The Balaban J connectivity index is 2.33. The minimum Gasteiger partial charge on any atom is -0.369 e. The van der Waals surface area contributed by atoms with Gasteiger partial charge in [-0.15, -0.1) is 11.8 Å². The van der Waals surface area contributed by atoms with Crippen LogP contribution < -0.4 is 11.1 Å². The third kappa shape index (κ3) is 4.90. The highest BCUT2D eigenvalue weighted by atomic mass is 32.2. The molecule has 94 valence electrons. The van der Waals surface area contributed by atoms with Gasteiger partial charge in [0.2, 0.25) is 11.8 Å². The molecular formula is C10H16N4O2S. The molecule has 0 saturated carbocycles. The number of aryl methyl sites for hydroxylation is 1. The molecule has 1 aromatic heterocycles. The number of nitrogens with zero attached hydrogens (tertiary/aromatic N) is 1. The van der Waals surface area contributed by atoms with Crippen LogP contribution in [-0.2, 0) is 9.59 Å². The number of carbonyl (C=O) groups excluding carboxylic acids is 2. The molecule has 0 spiro atoms. The van der Waals surface area contributed by atoms with Gasteiger partial charge >= 0.3 is 0 Å². The summed E-state index contributed by atoms with van der Waals surface area (Å²) < 4.78 is 0. The van der Waals surface area contributed by atoms with Gasteiger partial charge in [0, 0.05) is 11.9 Å². The highest BCUT2D eigenvalue weighted by Crippen LogP contribution is 2.08. The van der Waals surface area contributed by atoms with Gasteiger partial charge in [-0.05, 0) is 13.8 Å². The lowest BCUT2D eigenvalue weighted by molar-refractivity contribution is -0.119. The molecular weight excluding hydrogens is 240 g/mol. The van der Waals surface area contributed by atoms with Crippen molar-refractivity contribution in [3.63, 3.8) is 0 Å². The summed E-state index contributed by atoms with van der Waals surface area (Å²) in [5.41, 5.74) is 5.92. The first-order chi connectivity index (χ1) is 7.99. The maximum absolute atomic E-state index is 11.5. The van der Waals surface area contributed by atoms with Crippen LogP contribution in [0.3, 0.4) is 0 Å². The normalized spacial score (nSPS) is 12.1. The summed E-state index contributed by atoms with van der Waals surface area (Å²) in [4.78, 5) is 29.1. The fraction of sp³-hybridized carbons (Fsp3) is 0.500. The van der Waals surface area contributed by atoms with E-state index in [1.165, 1.54) is 11.8 Å². The SMILES string of the molecule is Cc1cnc(C(C)NC(=O)CSCC(N)=O)[nH]1. The molecule has 17 heavy (non-hydrogen) atoms. The Morgan fingerprint density at radius 3 is 2.82 bits per heavy atom. The number of hydrogen-bond donors (Lipinski definition) is 3. The quantitative estimate of drug-likeness (QED) is 0.672. The molecule has 1 unspecified atom stereocenters. The molecule has 2 amide bonds. The van der Waals surface area contributed by atoms with Crippen LogP contribution in [0.1, 0.15) is 24.5 Å². The molecule has 0 aliphatic rings. The maximum Gasteiger partial charge on any atom is 0.230 e. The Kier molecular flexibility index (Phi) is 5.02. The predicted octanol–water partition coefficient (Wildman–Crippen LogP) is 0.114. The zero-order chi connectivity index (χ0) is 12.8. The van der Waals surface area contributed by atoms with Crippen molar-refractivity contribution in [1.82, 2.24) is 15.3 Å². The first kappa shape index (κ1) is 13.6. The Bertz CT molecular complexity index is 405. The molecule has 1 rings (SSSR count). The number of rotatable bonds is 6. The Labute approximate surface area is 104 Å². The van der Waals surface area contributed by atoms with E-state index in [2.05, 4.69) is 15.3 Å². The van der Waals surface area contributed by atoms with Crippen LogP contribution in [0.4, 0.5) is 0 Å². The molecule has 4 N–H and O–H groups in total. The predicted molar refractivity (Wildman–Crippen MR) is 66.4 cm³/mol. The van der Waals surface area contributed by atoms with E-state index in [4.69, 9.17) is 5.73 Å². The van der Waals surface area contributed by atoms with E-state index < -0.39 is 5.91 Å². The fourth-order valence-corrected chi connectivity index (χ4v) is 1.82. The highest BCUT2D eigenvalue weighted by molar-refractivity contribution is 8.00. The molecule has 0 bridgehead atoms. The highest BCUT2D eigenvalue weighted by Gasteiger charge is 2.12. The molecule has 1 heterocycles. The number of primary amides is 1. The molecule has 0 aliphatic carbocycles. The monoisotopic (exact) mass is 256 g/mol. The van der Waals surface area contributed by atoms with Gasteiger partial charge in [0.15, 0.2) is 0 Å². The largest absolute Gasteiger partial charge is 0.369 e. The number of amides is 2. The third-order valence-corrected chi connectivity index (χ3v) is 2.94. The fourth-order valence-electron chi connectivity index (χ4n) is 1.25. The van der Waals surface area contributed by atoms with Crippen LogP contribution >= 0.6 is 11.8 Å². The molecule has 0 aliphatic heterocycles. The van der Waals surface area contributed by atoms with E-state index in [0.717, 1.165) is 11.5 Å². The van der Waals surface area contributed by atoms with Gasteiger partial charge in [-0.2, -0.15) is 0 Å². The number of H-pyrrole nitrogens is 1. The van der Waals surface area contributed by atoms with Crippen LogP contribution in [0.2, 0.25) is 0 Å². The van der Waals surface area contributed by atoms with Crippen LogP contribution in [-0.4, -0.2) is 33.3 Å². The molecule has 1 aromatic rings. The average molecular weight is 256 g/mol. The number of aromatic amines is 1. The lowest BCUT2D eigenvalue weighted by Gasteiger charge is -2.10. The standard InChI is InChI=1S/C10H16N4O2S/c1-6-3-12-10(13-6)7(2)14-9(16)5-17-4-8(11)15/h3,7H,4-5H2,1-2H3,(H2,11,15)(H,12,13)(H,14,16). The summed E-state index contributed by atoms with van der Waals surface area (Å²) in [6.07, 6.45) is 1.71. The zero-order valence-corrected chi connectivity index (χ0v) is 10.6. The number of imidazole rings is 1. The van der Waals surface area contributed by atoms with Gasteiger partial charge in [0.25, 0.3) is 0 Å². The Morgan fingerprint density at radius 1 is 1.59 bits per heavy atom. The van der Waals surface area contributed by atoms with Gasteiger partial charge in [0.1, 0.15) is 5.82 Å². The first-order valence-electron chi connectivity index (χ1n) is 5.16. The molecule has 0 radical (unpaired) electrons. The van der Waals surface area contributed by atoms with Gasteiger partial charge in [-0.3, -0.25) is 9.59 Å². The van der Waals surface area contributed by atoms with Crippen LogP contribution in [0.15, 0.2) is 6.20 Å². The van der Waals surface area contributed by atoms with Gasteiger partial charge in [-0.25, -0.2) is 4.98 Å². The molecule has 6 nitrogen and oxygen atoms in total. The van der Waals surface area contributed by atoms with Crippen molar-refractivity contribution in [2.24, 2.45) is 5.73 Å². The van der Waals surface area contributed by atoms with E-state index in [-0.39, 0.29) is 23.5 Å². The van der Waals surface area contributed by atoms with Crippen molar-refractivity contribution in [1.29, 1.82) is 0 Å². The topological polar surface area (TPSA) is 101 Å². The molecule has 0 aromatic carbocycles. The first-order valence-corrected chi connectivity index (χ1v) is 6.31. The maximum atomic E-state index is 11.5. The number of nitrogens with two attached hydrogens (primary N) is 1. The van der Waals surface area contributed by atoms with Crippen LogP contribution in [0, 0.1) is 6.92 Å². The molecule has 0 saturated heterocycles. The van der Waals surface area contributed by atoms with E-state index in [9.17, 15) is 9.59 Å². The summed E-state index contributed by atoms with van der Waals surface area (Å²) in [7, 11) is 0. The van der Waals surface area contributed by atoms with E-state index in [1.807, 2.05) is 13.8 Å². The second-order valence-corrected chi connectivity index (χ2v) is 4.69. The number of carbonyl (C=O) groups is 2. The average Bonchev–Trinajstić information content (AvgIpc) is 2.64. The zero-order valence-electron chi connectivity index (χ0n) is 9.82. The molecule has 1 atom stereocenters. The lowest BCUT2D eigenvalue weighted by Crippen LogP contribution is -2.29. The summed E-state index contributed by atoms with van der Waals surface area (Å²) in [5.74, 6) is 0.528. The minimum atomic E-state index is -0.419. The number of aromatic nitrogens is 2. The molecule has 7 heteroatoms. The number of thioether (sulfide) groups is 1. The van der Waals surface area contributed by atoms with Crippen LogP contribution in [0.5, 0.6) is 0 Å². The van der Waals surface area contributed by atoms with Crippen molar-refractivity contribution in [3.05, 3.63) is 17.7 Å². The van der Waals surface area contributed by atoms with E-state index in [1.54, 1.807) is 6.20 Å². The number of hydrogen-bond acceptors (Lipinski definition) is 4. The van der Waals surface area contributed by atoms with E-state index in [0.29, 0.717) is 0 Å². The van der Waals surface area contributed by atoms with Crippen LogP contribution in [0.25, 0.3) is 0 Å². The lowest BCUT2D eigenvalue weighted by atomic mass is 10.3. The Hall–Kier alpha value is -1.50. The third-order valence-electron chi connectivity index (χ3n) is 1.99. The second-order valence-electron chi connectivity index (χ2n) is 3.70. The summed E-state index contributed by atoms with van der Waals surface area (Å²) >= 11 is 1.19. The van der Waals surface area contributed by atoms with Gasteiger partial charge in [-0.1, -0.05) is 0 Å². The number of nitrogens with one attached hydrogen (secondary N) is 2. The van der Waals surface area contributed by atoms with Gasteiger partial charge < -0.3 is 16.0 Å². The summed E-state index contributed by atoms with van der Waals surface area (Å²) in [6, 6.07) is -0.176. The second kappa shape index (κ2) is 6.29. The van der Waals surface area contributed by atoms with Crippen molar-refractivity contribution >= 4 is 23.6 Å².